The van der Waals surface area contributed by atoms with Gasteiger partial charge in [0, 0.05) is 61.3 Å². The largest absolute Gasteiger partial charge is 0.359 e. The highest BCUT2D eigenvalue weighted by atomic mass is 35.5. The van der Waals surface area contributed by atoms with Crippen molar-refractivity contribution in [3.63, 3.8) is 0 Å². The van der Waals surface area contributed by atoms with Crippen molar-refractivity contribution >= 4 is 35.0 Å². The van der Waals surface area contributed by atoms with Crippen molar-refractivity contribution in [2.75, 3.05) is 30.4 Å². The van der Waals surface area contributed by atoms with Gasteiger partial charge in [-0.25, -0.2) is 15.0 Å². The lowest BCUT2D eigenvalue weighted by Crippen LogP contribution is -2.38. The summed E-state index contributed by atoms with van der Waals surface area (Å²) in [6, 6.07) is 9.29. The Kier molecular flexibility index (Phi) is 6.32. The highest BCUT2D eigenvalue weighted by Crippen LogP contribution is 2.47. The van der Waals surface area contributed by atoms with E-state index in [1.807, 2.05) is 18.2 Å². The first-order chi connectivity index (χ1) is 16.5. The first-order valence-electron chi connectivity index (χ1n) is 11.7. The average molecular weight is 478 g/mol. The van der Waals surface area contributed by atoms with Crippen molar-refractivity contribution in [1.29, 1.82) is 0 Å². The number of carbonyl (C=O) groups is 1. The second kappa shape index (κ2) is 9.54. The Morgan fingerprint density at radius 2 is 2.09 bits per heavy atom. The predicted molar refractivity (Wildman–Crippen MR) is 133 cm³/mol. The molecule has 9 heteroatoms. The number of rotatable bonds is 5. The molecule has 5 rings (SSSR count). The number of nitrogens with one attached hydrogen (secondary N) is 2. The maximum absolute atomic E-state index is 12.3. The van der Waals surface area contributed by atoms with Crippen LogP contribution in [0.5, 0.6) is 0 Å². The summed E-state index contributed by atoms with van der Waals surface area (Å²) in [5.74, 6) is 2.99. The zero-order valence-corrected chi connectivity index (χ0v) is 19.9. The van der Waals surface area contributed by atoms with E-state index in [0.717, 1.165) is 56.6 Å². The maximum atomic E-state index is 12.3. The van der Waals surface area contributed by atoms with Crippen LogP contribution in [0.1, 0.15) is 32.1 Å². The van der Waals surface area contributed by atoms with Crippen molar-refractivity contribution < 1.29 is 4.79 Å². The van der Waals surface area contributed by atoms with E-state index in [1.54, 1.807) is 37.8 Å². The summed E-state index contributed by atoms with van der Waals surface area (Å²) >= 11 is 6.14. The topological polar surface area (TPSA) is 95.9 Å². The molecular formula is C25H28ClN7O. The van der Waals surface area contributed by atoms with E-state index in [4.69, 9.17) is 21.6 Å². The van der Waals surface area contributed by atoms with E-state index in [9.17, 15) is 4.79 Å². The molecule has 1 spiro atoms. The fourth-order valence-corrected chi connectivity index (χ4v) is 5.43. The minimum atomic E-state index is 0.0983. The zero-order chi connectivity index (χ0) is 23.5. The summed E-state index contributed by atoms with van der Waals surface area (Å²) in [6.07, 6.45) is 10.4. The molecule has 1 saturated carbocycles. The normalized spacial score (nSPS) is 22.1. The molecule has 2 atom stereocenters. The average Bonchev–Trinajstić information content (AvgIpc) is 3.27. The summed E-state index contributed by atoms with van der Waals surface area (Å²) < 4.78 is 0. The van der Waals surface area contributed by atoms with E-state index in [1.165, 1.54) is 0 Å². The molecule has 2 aliphatic rings. The number of hydrogen-bond donors (Lipinski definition) is 2. The van der Waals surface area contributed by atoms with E-state index >= 15 is 0 Å². The third kappa shape index (κ3) is 4.82. The molecule has 4 heterocycles. The van der Waals surface area contributed by atoms with Gasteiger partial charge in [-0.3, -0.25) is 9.78 Å². The third-order valence-corrected chi connectivity index (χ3v) is 7.16. The van der Waals surface area contributed by atoms with Gasteiger partial charge in [-0.05, 0) is 55.4 Å². The quantitative estimate of drug-likeness (QED) is 0.559. The van der Waals surface area contributed by atoms with Crippen molar-refractivity contribution in [3.8, 4) is 11.4 Å². The molecule has 2 fully saturated rings. The molecule has 3 aromatic rings. The summed E-state index contributed by atoms with van der Waals surface area (Å²) in [7, 11) is 1.73. The van der Waals surface area contributed by atoms with Gasteiger partial charge in [-0.2, -0.15) is 0 Å². The van der Waals surface area contributed by atoms with Crippen LogP contribution in [0.25, 0.3) is 11.4 Å². The van der Waals surface area contributed by atoms with Gasteiger partial charge in [-0.15, -0.1) is 0 Å². The molecule has 2 unspecified atom stereocenters. The van der Waals surface area contributed by atoms with Gasteiger partial charge in [0.15, 0.2) is 5.82 Å². The molecule has 1 amide bonds. The predicted octanol–water partition coefficient (Wildman–Crippen LogP) is 4.46. The summed E-state index contributed by atoms with van der Waals surface area (Å²) in [6.45, 7) is 1.79. The number of carbonyl (C=O) groups excluding carboxylic acids is 1. The molecule has 0 radical (unpaired) electrons. The van der Waals surface area contributed by atoms with E-state index in [0.29, 0.717) is 22.5 Å². The Morgan fingerprint density at radius 1 is 1.18 bits per heavy atom. The maximum Gasteiger partial charge on any atom is 0.222 e. The lowest BCUT2D eigenvalue weighted by Gasteiger charge is -2.37. The molecule has 34 heavy (non-hydrogen) atoms. The summed E-state index contributed by atoms with van der Waals surface area (Å²) in [5.41, 5.74) is 0.995. The SMILES string of the molecule is CNC(=O)C1CCCC2(CCN(c3cc(Nc4cc(Cl)ccn4)nc(-c4cccnc4)n3)C2)C1. The number of hydrogen-bond acceptors (Lipinski definition) is 7. The third-order valence-electron chi connectivity index (χ3n) is 6.93. The number of pyridine rings is 2. The van der Waals surface area contributed by atoms with Crippen LogP contribution in [0.15, 0.2) is 48.9 Å². The molecule has 2 N–H and O–H groups in total. The fourth-order valence-electron chi connectivity index (χ4n) is 5.27. The standard InChI is InChI=1S/C25H28ClN7O/c1-27-24(34)17-4-2-7-25(14-17)8-11-33(16-25)22-13-21(30-20-12-19(26)6-10-29-20)31-23(32-22)18-5-3-9-28-15-18/h3,5-6,9-10,12-13,15,17H,2,4,7-8,11,14,16H2,1H3,(H,27,34)(H,29,30,31,32). The second-order valence-corrected chi connectivity index (χ2v) is 9.68. The monoisotopic (exact) mass is 477 g/mol. The molecule has 1 aliphatic heterocycles. The Balaban J connectivity index is 1.44. The van der Waals surface area contributed by atoms with Crippen LogP contribution >= 0.6 is 11.6 Å². The Bertz CT molecular complexity index is 1170. The lowest BCUT2D eigenvalue weighted by atomic mass is 9.69. The highest BCUT2D eigenvalue weighted by molar-refractivity contribution is 6.30. The van der Waals surface area contributed by atoms with Gasteiger partial charge >= 0.3 is 0 Å². The highest BCUT2D eigenvalue weighted by Gasteiger charge is 2.43. The Hall–Kier alpha value is -3.26. The summed E-state index contributed by atoms with van der Waals surface area (Å²) in [5, 5.41) is 6.71. The van der Waals surface area contributed by atoms with Gasteiger partial charge in [0.1, 0.15) is 17.5 Å². The molecular weight excluding hydrogens is 450 g/mol. The number of aromatic nitrogens is 4. The fraction of sp³-hybridized carbons (Fsp3) is 0.400. The first-order valence-corrected chi connectivity index (χ1v) is 12.1. The van der Waals surface area contributed by atoms with Crippen LogP contribution in [0, 0.1) is 11.3 Å². The smallest absolute Gasteiger partial charge is 0.222 e. The summed E-state index contributed by atoms with van der Waals surface area (Å²) in [4.78, 5) is 32.9. The number of amides is 1. The second-order valence-electron chi connectivity index (χ2n) is 9.24. The van der Waals surface area contributed by atoms with Crippen molar-refractivity contribution in [2.24, 2.45) is 11.3 Å². The molecule has 0 bridgehead atoms. The molecule has 0 aromatic carbocycles. The van der Waals surface area contributed by atoms with Gasteiger partial charge < -0.3 is 15.5 Å². The molecule has 1 aliphatic carbocycles. The number of nitrogens with zero attached hydrogens (tertiary/aromatic N) is 5. The molecule has 3 aromatic heterocycles. The number of halogens is 1. The van der Waals surface area contributed by atoms with Crippen LogP contribution in [0.2, 0.25) is 5.02 Å². The van der Waals surface area contributed by atoms with Crippen LogP contribution in [-0.4, -0.2) is 46.0 Å². The van der Waals surface area contributed by atoms with E-state index < -0.39 is 0 Å². The molecule has 1 saturated heterocycles. The van der Waals surface area contributed by atoms with Crippen molar-refractivity contribution in [3.05, 3.63) is 53.9 Å². The number of anilines is 3. The van der Waals surface area contributed by atoms with Crippen LogP contribution in [0.3, 0.4) is 0 Å². The lowest BCUT2D eigenvalue weighted by molar-refractivity contribution is -0.126. The van der Waals surface area contributed by atoms with E-state index in [2.05, 4.69) is 25.5 Å². The van der Waals surface area contributed by atoms with Crippen molar-refractivity contribution in [1.82, 2.24) is 25.3 Å². The molecule has 8 nitrogen and oxygen atoms in total. The Morgan fingerprint density at radius 3 is 2.88 bits per heavy atom. The zero-order valence-electron chi connectivity index (χ0n) is 19.2. The first kappa shape index (κ1) is 22.5. The van der Waals surface area contributed by atoms with Gasteiger partial charge in [0.25, 0.3) is 0 Å². The van der Waals surface area contributed by atoms with Crippen molar-refractivity contribution in [2.45, 2.75) is 32.1 Å². The molecule has 176 valence electrons. The van der Waals surface area contributed by atoms with Crippen LogP contribution < -0.4 is 15.5 Å². The van der Waals surface area contributed by atoms with Gasteiger partial charge in [0.2, 0.25) is 5.91 Å². The Labute approximate surface area is 204 Å². The van der Waals surface area contributed by atoms with Crippen LogP contribution in [0.4, 0.5) is 17.5 Å². The van der Waals surface area contributed by atoms with Gasteiger partial charge in [-0.1, -0.05) is 18.0 Å². The van der Waals surface area contributed by atoms with Gasteiger partial charge in [0.05, 0.1) is 0 Å². The minimum absolute atomic E-state index is 0.0983. The van der Waals surface area contributed by atoms with Crippen LogP contribution in [-0.2, 0) is 4.79 Å². The van der Waals surface area contributed by atoms with E-state index in [-0.39, 0.29) is 17.2 Å². The minimum Gasteiger partial charge on any atom is -0.359 e.